The van der Waals surface area contributed by atoms with Crippen molar-refractivity contribution in [1.82, 2.24) is 14.7 Å². The molecule has 31 heavy (non-hydrogen) atoms. The highest BCUT2D eigenvalue weighted by Gasteiger charge is 2.27. The molecule has 0 atom stereocenters. The summed E-state index contributed by atoms with van der Waals surface area (Å²) in [6.07, 6.45) is 0. The van der Waals surface area contributed by atoms with E-state index in [9.17, 15) is 14.9 Å². The van der Waals surface area contributed by atoms with Gasteiger partial charge in [0.1, 0.15) is 5.69 Å². The number of nitrogens with zero attached hydrogens (tertiary/aromatic N) is 5. The molecule has 2 saturated heterocycles. The molecule has 8 nitrogen and oxygen atoms in total. The Morgan fingerprint density at radius 1 is 0.806 bits per heavy atom. The number of hydrogen-bond acceptors (Lipinski definition) is 6. The van der Waals surface area contributed by atoms with E-state index in [1.54, 1.807) is 12.1 Å². The summed E-state index contributed by atoms with van der Waals surface area (Å²) in [6, 6.07) is 17.3. The Bertz CT molecular complexity index is 891. The van der Waals surface area contributed by atoms with Crippen LogP contribution in [0.25, 0.3) is 0 Å². The number of para-hydroxylation sites is 2. The van der Waals surface area contributed by atoms with E-state index in [1.165, 1.54) is 11.6 Å². The fraction of sp³-hybridized carbons (Fsp3) is 0.435. The molecule has 2 fully saturated rings. The lowest BCUT2D eigenvalue weighted by molar-refractivity contribution is -0.384. The van der Waals surface area contributed by atoms with Crippen molar-refractivity contribution in [3.63, 3.8) is 0 Å². The maximum Gasteiger partial charge on any atom is 0.292 e. The lowest BCUT2D eigenvalue weighted by Crippen LogP contribution is -2.53. The van der Waals surface area contributed by atoms with E-state index in [2.05, 4.69) is 34.1 Å². The minimum atomic E-state index is -0.343. The van der Waals surface area contributed by atoms with Crippen molar-refractivity contribution in [3.05, 3.63) is 70.3 Å². The molecule has 0 bridgehead atoms. The number of rotatable bonds is 6. The van der Waals surface area contributed by atoms with Crippen LogP contribution in [0.15, 0.2) is 54.6 Å². The van der Waals surface area contributed by atoms with Crippen LogP contribution >= 0.6 is 0 Å². The Balaban J connectivity index is 1.23. The third-order valence-corrected chi connectivity index (χ3v) is 6.12. The zero-order valence-electron chi connectivity index (χ0n) is 17.7. The van der Waals surface area contributed by atoms with Gasteiger partial charge >= 0.3 is 0 Å². The van der Waals surface area contributed by atoms with Gasteiger partial charge in [0.2, 0.25) is 5.91 Å². The number of anilines is 1. The van der Waals surface area contributed by atoms with E-state index < -0.39 is 0 Å². The number of piperazine rings is 2. The van der Waals surface area contributed by atoms with Gasteiger partial charge in [0.15, 0.2) is 0 Å². The zero-order valence-corrected chi connectivity index (χ0v) is 17.7. The van der Waals surface area contributed by atoms with Gasteiger partial charge < -0.3 is 9.80 Å². The first-order valence-electron chi connectivity index (χ1n) is 10.8. The SMILES string of the molecule is O=C(CN1CCN(Cc2ccccc2)CC1)N1CCN(c2ccccc2[N+](=O)[O-])CC1. The third-order valence-electron chi connectivity index (χ3n) is 6.12. The number of carbonyl (C=O) groups is 1. The van der Waals surface area contributed by atoms with Crippen LogP contribution in [0, 0.1) is 10.1 Å². The molecule has 2 aliphatic rings. The van der Waals surface area contributed by atoms with Crippen LogP contribution < -0.4 is 4.90 Å². The smallest absolute Gasteiger partial charge is 0.292 e. The highest BCUT2D eigenvalue weighted by molar-refractivity contribution is 5.78. The zero-order chi connectivity index (χ0) is 21.6. The lowest BCUT2D eigenvalue weighted by atomic mass is 10.2. The van der Waals surface area contributed by atoms with Gasteiger partial charge in [-0.25, -0.2) is 0 Å². The van der Waals surface area contributed by atoms with Crippen molar-refractivity contribution in [2.45, 2.75) is 6.54 Å². The van der Waals surface area contributed by atoms with Gasteiger partial charge in [-0.3, -0.25) is 24.7 Å². The summed E-state index contributed by atoms with van der Waals surface area (Å²) in [5, 5.41) is 11.3. The van der Waals surface area contributed by atoms with Gasteiger partial charge in [0, 0.05) is 65.0 Å². The maximum atomic E-state index is 12.8. The lowest BCUT2D eigenvalue weighted by Gasteiger charge is -2.38. The van der Waals surface area contributed by atoms with Gasteiger partial charge in [-0.05, 0) is 11.6 Å². The Morgan fingerprint density at radius 2 is 1.42 bits per heavy atom. The average Bonchev–Trinajstić information content (AvgIpc) is 2.81. The summed E-state index contributed by atoms with van der Waals surface area (Å²) in [7, 11) is 0. The minimum absolute atomic E-state index is 0.121. The third kappa shape index (κ3) is 5.39. The highest BCUT2D eigenvalue weighted by Crippen LogP contribution is 2.28. The van der Waals surface area contributed by atoms with Crippen molar-refractivity contribution in [2.24, 2.45) is 0 Å². The van der Waals surface area contributed by atoms with E-state index >= 15 is 0 Å². The van der Waals surface area contributed by atoms with E-state index in [-0.39, 0.29) is 16.5 Å². The summed E-state index contributed by atoms with van der Waals surface area (Å²) in [4.78, 5) is 32.3. The number of hydrogen-bond donors (Lipinski definition) is 0. The van der Waals surface area contributed by atoms with Crippen molar-refractivity contribution in [3.8, 4) is 0 Å². The first-order valence-corrected chi connectivity index (χ1v) is 10.8. The van der Waals surface area contributed by atoms with E-state index in [0.717, 1.165) is 32.7 Å². The highest BCUT2D eigenvalue weighted by atomic mass is 16.6. The second-order valence-corrected chi connectivity index (χ2v) is 8.15. The molecule has 2 aromatic rings. The standard InChI is InChI=1S/C23H29N5O3/c29-23(19-25-12-10-24(11-13-25)18-20-6-2-1-3-7-20)27-16-14-26(15-17-27)21-8-4-5-9-22(21)28(30)31/h1-9H,10-19H2. The fourth-order valence-electron chi connectivity index (χ4n) is 4.32. The molecule has 0 spiro atoms. The first-order chi connectivity index (χ1) is 15.1. The monoisotopic (exact) mass is 423 g/mol. The van der Waals surface area contributed by atoms with Crippen LogP contribution in [-0.4, -0.2) is 84.4 Å². The molecule has 2 aromatic carbocycles. The van der Waals surface area contributed by atoms with Gasteiger partial charge in [0.25, 0.3) is 5.69 Å². The Hall–Kier alpha value is -2.97. The summed E-state index contributed by atoms with van der Waals surface area (Å²) < 4.78 is 0. The maximum absolute atomic E-state index is 12.8. The van der Waals surface area contributed by atoms with Crippen molar-refractivity contribution >= 4 is 17.3 Å². The summed E-state index contributed by atoms with van der Waals surface area (Å²) in [5.74, 6) is 0.152. The molecule has 0 aliphatic carbocycles. The normalized spacial score (nSPS) is 18.2. The van der Waals surface area contributed by atoms with E-state index in [4.69, 9.17) is 0 Å². The molecule has 0 saturated carbocycles. The quantitative estimate of drug-likeness (QED) is 0.523. The molecule has 8 heteroatoms. The molecule has 0 aromatic heterocycles. The second kappa shape index (κ2) is 9.89. The van der Waals surface area contributed by atoms with E-state index in [0.29, 0.717) is 38.4 Å². The Labute approximate surface area is 182 Å². The van der Waals surface area contributed by atoms with Crippen LogP contribution in [0.2, 0.25) is 0 Å². The second-order valence-electron chi connectivity index (χ2n) is 8.15. The van der Waals surface area contributed by atoms with E-state index in [1.807, 2.05) is 21.9 Å². The largest absolute Gasteiger partial charge is 0.362 e. The van der Waals surface area contributed by atoms with Gasteiger partial charge in [-0.1, -0.05) is 42.5 Å². The number of amides is 1. The van der Waals surface area contributed by atoms with Gasteiger partial charge in [0.05, 0.1) is 11.5 Å². The van der Waals surface area contributed by atoms with Crippen molar-refractivity contribution < 1.29 is 9.72 Å². The van der Waals surface area contributed by atoms with Gasteiger partial charge in [-0.2, -0.15) is 0 Å². The van der Waals surface area contributed by atoms with Crippen LogP contribution in [0.1, 0.15) is 5.56 Å². The number of benzene rings is 2. The van der Waals surface area contributed by atoms with Gasteiger partial charge in [-0.15, -0.1) is 0 Å². The molecular weight excluding hydrogens is 394 g/mol. The average molecular weight is 424 g/mol. The summed E-state index contributed by atoms with van der Waals surface area (Å²) in [6.45, 7) is 7.55. The molecule has 0 unspecified atom stereocenters. The predicted molar refractivity (Wildman–Crippen MR) is 120 cm³/mol. The number of nitro groups is 1. The van der Waals surface area contributed by atoms with Crippen molar-refractivity contribution in [2.75, 3.05) is 63.8 Å². The summed E-state index contributed by atoms with van der Waals surface area (Å²) in [5.41, 5.74) is 2.08. The predicted octanol–water partition coefficient (Wildman–Crippen LogP) is 2.06. The topological polar surface area (TPSA) is 73.2 Å². The molecule has 2 aliphatic heterocycles. The minimum Gasteiger partial charge on any atom is -0.362 e. The molecule has 1 amide bonds. The molecule has 0 N–H and O–H groups in total. The van der Waals surface area contributed by atoms with Crippen LogP contribution in [0.3, 0.4) is 0 Å². The van der Waals surface area contributed by atoms with Crippen LogP contribution in [0.4, 0.5) is 11.4 Å². The molecule has 164 valence electrons. The molecule has 0 radical (unpaired) electrons. The van der Waals surface area contributed by atoms with Crippen LogP contribution in [-0.2, 0) is 11.3 Å². The Morgan fingerprint density at radius 3 is 2.10 bits per heavy atom. The van der Waals surface area contributed by atoms with Crippen LogP contribution in [0.5, 0.6) is 0 Å². The van der Waals surface area contributed by atoms with Crippen molar-refractivity contribution in [1.29, 1.82) is 0 Å². The first kappa shape index (κ1) is 21.3. The number of carbonyl (C=O) groups excluding carboxylic acids is 1. The summed E-state index contributed by atoms with van der Waals surface area (Å²) >= 11 is 0. The molecule has 4 rings (SSSR count). The fourth-order valence-corrected chi connectivity index (χ4v) is 4.32. The Kier molecular flexibility index (Phi) is 6.79. The molecule has 2 heterocycles. The molecular formula is C23H29N5O3. The number of nitro benzene ring substituents is 1.